The van der Waals surface area contributed by atoms with E-state index in [0.717, 1.165) is 6.42 Å². The first-order chi connectivity index (χ1) is 6.01. The first-order valence-electron chi connectivity index (χ1n) is 5.55. The van der Waals surface area contributed by atoms with E-state index in [0.29, 0.717) is 18.1 Å². The topological polar surface area (TPSA) is 24.1 Å². The minimum atomic E-state index is 0.270. The fourth-order valence-electron chi connectivity index (χ4n) is 2.22. The normalized spacial score (nSPS) is 39.0. The highest BCUT2D eigenvalue weighted by molar-refractivity contribution is 4.97. The maximum atomic E-state index is 3.65. The van der Waals surface area contributed by atoms with Crippen molar-refractivity contribution in [2.24, 2.45) is 5.92 Å². The fourth-order valence-corrected chi connectivity index (χ4v) is 2.22. The van der Waals surface area contributed by atoms with Gasteiger partial charge < -0.3 is 0 Å². The van der Waals surface area contributed by atoms with Gasteiger partial charge in [0.15, 0.2) is 0 Å². The minimum absolute atomic E-state index is 0.270. The number of nitrogens with one attached hydrogen (secondary N) is 2. The highest BCUT2D eigenvalue weighted by Crippen LogP contribution is 2.26. The van der Waals surface area contributed by atoms with E-state index in [2.05, 4.69) is 45.3 Å². The maximum absolute atomic E-state index is 3.65. The average Bonchev–Trinajstić information content (AvgIpc) is 2.09. The molecule has 1 heterocycles. The van der Waals surface area contributed by atoms with E-state index in [1.54, 1.807) is 0 Å². The van der Waals surface area contributed by atoms with Crippen LogP contribution in [-0.2, 0) is 0 Å². The van der Waals surface area contributed by atoms with Crippen LogP contribution in [0.4, 0.5) is 0 Å². The molecule has 3 atom stereocenters. The van der Waals surface area contributed by atoms with Crippen LogP contribution in [0.15, 0.2) is 0 Å². The Morgan fingerprint density at radius 3 is 2.23 bits per heavy atom. The Balaban J connectivity index is 2.69. The molecule has 1 aliphatic heterocycles. The summed E-state index contributed by atoms with van der Waals surface area (Å²) in [4.78, 5) is 0. The van der Waals surface area contributed by atoms with Gasteiger partial charge in [0.1, 0.15) is 0 Å². The first-order valence-corrected chi connectivity index (χ1v) is 5.55. The lowest BCUT2D eigenvalue weighted by Crippen LogP contribution is -2.66. The van der Waals surface area contributed by atoms with Crippen LogP contribution >= 0.6 is 0 Å². The molecule has 1 rings (SSSR count). The predicted octanol–water partition coefficient (Wildman–Crippen LogP) is 2.11. The zero-order valence-electron chi connectivity index (χ0n) is 9.65. The first kappa shape index (κ1) is 11.0. The van der Waals surface area contributed by atoms with Crippen molar-refractivity contribution in [3.8, 4) is 0 Å². The van der Waals surface area contributed by atoms with E-state index in [-0.39, 0.29) is 5.54 Å². The second-order valence-electron chi connectivity index (χ2n) is 4.80. The van der Waals surface area contributed by atoms with E-state index in [9.17, 15) is 0 Å². The van der Waals surface area contributed by atoms with E-state index in [1.165, 1.54) is 6.42 Å². The molecule has 0 spiro atoms. The quantitative estimate of drug-likeness (QED) is 0.687. The minimum Gasteiger partial charge on any atom is -0.299 e. The summed E-state index contributed by atoms with van der Waals surface area (Å²) in [5.74, 6) is 0.695. The molecule has 0 aromatic rings. The van der Waals surface area contributed by atoms with Crippen LogP contribution in [0.25, 0.3) is 0 Å². The number of rotatable bonds is 2. The van der Waals surface area contributed by atoms with Gasteiger partial charge in [-0.15, -0.1) is 0 Å². The maximum Gasteiger partial charge on any atom is 0.0575 e. The molecule has 0 radical (unpaired) electrons. The molecule has 1 saturated heterocycles. The van der Waals surface area contributed by atoms with Crippen molar-refractivity contribution in [3.63, 3.8) is 0 Å². The van der Waals surface area contributed by atoms with Gasteiger partial charge in [0.2, 0.25) is 0 Å². The summed E-state index contributed by atoms with van der Waals surface area (Å²) in [6, 6.07) is 0.668. The summed E-state index contributed by atoms with van der Waals surface area (Å²) in [5, 5.41) is 7.29. The molecule has 0 aliphatic carbocycles. The molecular formula is C11H24N2. The van der Waals surface area contributed by atoms with Crippen LogP contribution in [0.1, 0.15) is 47.5 Å². The van der Waals surface area contributed by atoms with Crippen molar-refractivity contribution in [3.05, 3.63) is 0 Å². The highest BCUT2D eigenvalue weighted by Gasteiger charge is 2.37. The standard InChI is InChI=1S/C11H24N2/c1-6-9-8(3)11(4,5)13-10(7-2)12-9/h8-10,12-13H,6-7H2,1-5H3/t8?,9-,10?/m1/s1. The van der Waals surface area contributed by atoms with E-state index in [1.807, 2.05) is 0 Å². The second kappa shape index (κ2) is 3.97. The summed E-state index contributed by atoms with van der Waals surface area (Å²) in [5.41, 5.74) is 0.270. The largest absolute Gasteiger partial charge is 0.299 e. The molecule has 0 bridgehead atoms. The van der Waals surface area contributed by atoms with Crippen molar-refractivity contribution < 1.29 is 0 Å². The third-order valence-corrected chi connectivity index (χ3v) is 3.55. The molecule has 2 unspecified atom stereocenters. The third-order valence-electron chi connectivity index (χ3n) is 3.55. The fraction of sp³-hybridized carbons (Fsp3) is 1.00. The molecular weight excluding hydrogens is 160 g/mol. The molecule has 0 aromatic carbocycles. The summed E-state index contributed by atoms with van der Waals surface area (Å²) >= 11 is 0. The summed E-state index contributed by atoms with van der Waals surface area (Å²) in [6.07, 6.45) is 2.88. The molecule has 13 heavy (non-hydrogen) atoms. The monoisotopic (exact) mass is 184 g/mol. The Morgan fingerprint density at radius 2 is 1.77 bits per heavy atom. The highest BCUT2D eigenvalue weighted by atomic mass is 15.2. The lowest BCUT2D eigenvalue weighted by molar-refractivity contribution is 0.107. The van der Waals surface area contributed by atoms with Gasteiger partial charge in [0, 0.05) is 11.6 Å². The van der Waals surface area contributed by atoms with Crippen LogP contribution in [0, 0.1) is 5.92 Å². The van der Waals surface area contributed by atoms with Gasteiger partial charge >= 0.3 is 0 Å². The molecule has 2 N–H and O–H groups in total. The predicted molar refractivity (Wildman–Crippen MR) is 57.7 cm³/mol. The summed E-state index contributed by atoms with van der Waals surface area (Å²) in [7, 11) is 0. The van der Waals surface area contributed by atoms with E-state index < -0.39 is 0 Å². The number of hydrogen-bond acceptors (Lipinski definition) is 2. The molecule has 1 aliphatic rings. The molecule has 0 saturated carbocycles. The third kappa shape index (κ3) is 2.23. The Bertz CT molecular complexity index is 165. The number of hydrogen-bond donors (Lipinski definition) is 2. The smallest absolute Gasteiger partial charge is 0.0575 e. The zero-order chi connectivity index (χ0) is 10.1. The molecule has 0 aromatic heterocycles. The van der Waals surface area contributed by atoms with Gasteiger partial charge in [-0.05, 0) is 32.6 Å². The van der Waals surface area contributed by atoms with Gasteiger partial charge in [-0.2, -0.15) is 0 Å². The van der Waals surface area contributed by atoms with E-state index in [4.69, 9.17) is 0 Å². The Hall–Kier alpha value is -0.0800. The van der Waals surface area contributed by atoms with Gasteiger partial charge in [0.25, 0.3) is 0 Å². The van der Waals surface area contributed by atoms with Crippen molar-refractivity contribution in [2.75, 3.05) is 0 Å². The molecule has 0 amide bonds. The van der Waals surface area contributed by atoms with Gasteiger partial charge in [-0.25, -0.2) is 0 Å². The lowest BCUT2D eigenvalue weighted by Gasteiger charge is -2.47. The van der Waals surface area contributed by atoms with Gasteiger partial charge in [-0.3, -0.25) is 10.6 Å². The Morgan fingerprint density at radius 1 is 1.15 bits per heavy atom. The van der Waals surface area contributed by atoms with Crippen LogP contribution < -0.4 is 10.6 Å². The van der Waals surface area contributed by atoms with Crippen LogP contribution in [0.2, 0.25) is 0 Å². The summed E-state index contributed by atoms with van der Waals surface area (Å²) < 4.78 is 0. The van der Waals surface area contributed by atoms with Crippen LogP contribution in [-0.4, -0.2) is 17.7 Å². The Kier molecular flexibility index (Phi) is 3.36. The lowest BCUT2D eigenvalue weighted by atomic mass is 9.79. The van der Waals surface area contributed by atoms with Crippen molar-refractivity contribution in [1.29, 1.82) is 0 Å². The van der Waals surface area contributed by atoms with Crippen LogP contribution in [0.3, 0.4) is 0 Å². The second-order valence-corrected chi connectivity index (χ2v) is 4.80. The molecule has 1 fully saturated rings. The van der Waals surface area contributed by atoms with Crippen LogP contribution in [0.5, 0.6) is 0 Å². The van der Waals surface area contributed by atoms with Gasteiger partial charge in [-0.1, -0.05) is 20.8 Å². The summed E-state index contributed by atoms with van der Waals surface area (Å²) in [6.45, 7) is 11.4. The average molecular weight is 184 g/mol. The molecule has 2 nitrogen and oxygen atoms in total. The molecule has 2 heteroatoms. The van der Waals surface area contributed by atoms with E-state index >= 15 is 0 Å². The Labute approximate surface area is 82.5 Å². The van der Waals surface area contributed by atoms with Crippen molar-refractivity contribution in [2.45, 2.75) is 65.2 Å². The SMILES string of the molecule is CCC1N[C@H](CC)C(C)C(C)(C)N1. The molecule has 78 valence electrons. The van der Waals surface area contributed by atoms with Gasteiger partial charge in [0.05, 0.1) is 6.17 Å². The zero-order valence-corrected chi connectivity index (χ0v) is 9.65. The van der Waals surface area contributed by atoms with Crippen molar-refractivity contribution >= 4 is 0 Å². The van der Waals surface area contributed by atoms with Crippen molar-refractivity contribution in [1.82, 2.24) is 10.6 Å².